The molecule has 3 unspecified atom stereocenters. The Balaban J connectivity index is 5.19. The molecule has 0 fully saturated rings. The highest BCUT2D eigenvalue weighted by atomic mass is 31.2. The minimum Gasteiger partial charge on any atom is -0.456 e. The van der Waals surface area contributed by atoms with Crippen molar-refractivity contribution in [1.29, 1.82) is 0 Å². The molecule has 10 heteroatoms. The molecular formula is C63H114N2O7P+. The molecule has 1 amide bonds. The first-order chi connectivity index (χ1) is 35.4. The van der Waals surface area contributed by atoms with Gasteiger partial charge in [0.2, 0.25) is 5.91 Å². The number of rotatable bonds is 53. The molecule has 0 aliphatic carbocycles. The van der Waals surface area contributed by atoms with Gasteiger partial charge in [-0.3, -0.25) is 18.6 Å². The monoisotopic (exact) mass is 1040 g/mol. The van der Waals surface area contributed by atoms with Gasteiger partial charge in [0.15, 0.2) is 0 Å². The number of allylic oxidation sites excluding steroid dienone is 13. The Labute approximate surface area is 450 Å². The molecule has 0 bridgehead atoms. The van der Waals surface area contributed by atoms with Gasteiger partial charge in [0.05, 0.1) is 33.8 Å². The lowest BCUT2D eigenvalue weighted by atomic mass is 10.0. The van der Waals surface area contributed by atoms with Crippen LogP contribution in [0.4, 0.5) is 0 Å². The van der Waals surface area contributed by atoms with E-state index in [9.17, 15) is 19.0 Å². The molecule has 0 saturated heterocycles. The maximum Gasteiger partial charge on any atom is 0.472 e. The number of amides is 1. The van der Waals surface area contributed by atoms with Crippen LogP contribution < -0.4 is 5.32 Å². The average Bonchev–Trinajstić information content (AvgIpc) is 3.35. The summed E-state index contributed by atoms with van der Waals surface area (Å²) >= 11 is 0. The zero-order valence-electron chi connectivity index (χ0n) is 48.1. The number of quaternary nitrogens is 1. The van der Waals surface area contributed by atoms with E-state index in [1.807, 2.05) is 33.3 Å². The molecule has 0 radical (unpaired) electrons. The zero-order chi connectivity index (χ0) is 53.6. The van der Waals surface area contributed by atoms with Crippen molar-refractivity contribution >= 4 is 19.7 Å². The molecule has 0 heterocycles. The standard InChI is InChI=1S/C63H113N2O7P/c1-7-10-13-16-19-22-25-27-28-29-30-31-32-33-34-35-36-38-40-43-46-49-52-55-62(66)64-60(59-71-73(68,69)70-58-57-65(4,5)6)61(54-51-48-45-42-39-24-21-18-15-12-9-3)72-63(67)56-53-50-47-44-41-37-26-23-20-17-14-11-8-2/h11,14,17,19-20,22-23,26-28,30-31,51,54,60-61H,7-10,12-13,15-16,18,21,24-25,29,32-50,52-53,55-59H2,1-6H3,(H-,64,66,68,69)/p+1/b14-11+,20-17+,22-19-,26-23-,28-27-,31-30-,54-51-. The fraction of sp³-hybridized carbons (Fsp3) is 0.746. The summed E-state index contributed by atoms with van der Waals surface area (Å²) in [5.74, 6) is -0.537. The van der Waals surface area contributed by atoms with Gasteiger partial charge in [0.1, 0.15) is 19.3 Å². The number of phosphoric ester groups is 1. The van der Waals surface area contributed by atoms with Gasteiger partial charge in [0, 0.05) is 12.8 Å². The van der Waals surface area contributed by atoms with E-state index in [1.165, 1.54) is 109 Å². The minimum absolute atomic E-state index is 0.0324. The Kier molecular flexibility index (Phi) is 50.6. The fourth-order valence-electron chi connectivity index (χ4n) is 8.24. The molecule has 422 valence electrons. The largest absolute Gasteiger partial charge is 0.472 e. The highest BCUT2D eigenvalue weighted by Crippen LogP contribution is 2.43. The molecule has 0 aromatic heterocycles. The topological polar surface area (TPSA) is 111 Å². The highest BCUT2D eigenvalue weighted by molar-refractivity contribution is 7.47. The summed E-state index contributed by atoms with van der Waals surface area (Å²) < 4.78 is 30.6. The maximum absolute atomic E-state index is 13.5. The third kappa shape index (κ3) is 53.8. The first kappa shape index (κ1) is 70.2. The lowest BCUT2D eigenvalue weighted by Crippen LogP contribution is -2.47. The summed E-state index contributed by atoms with van der Waals surface area (Å²) in [6.07, 6.45) is 68.7. The van der Waals surface area contributed by atoms with Gasteiger partial charge >= 0.3 is 13.8 Å². The Morgan fingerprint density at radius 1 is 0.507 bits per heavy atom. The third-order valence-corrected chi connectivity index (χ3v) is 13.9. The number of unbranched alkanes of at least 4 members (excludes halogenated alkanes) is 27. The lowest BCUT2D eigenvalue weighted by molar-refractivity contribution is -0.870. The van der Waals surface area contributed by atoms with Crippen LogP contribution in [-0.4, -0.2) is 74.3 Å². The van der Waals surface area contributed by atoms with Crippen molar-refractivity contribution in [2.24, 2.45) is 0 Å². The molecule has 0 aromatic carbocycles. The maximum atomic E-state index is 13.5. The number of esters is 1. The van der Waals surface area contributed by atoms with Crippen molar-refractivity contribution in [3.8, 4) is 0 Å². The average molecular weight is 1040 g/mol. The quantitative estimate of drug-likeness (QED) is 0.0156. The summed E-state index contributed by atoms with van der Waals surface area (Å²) in [5.41, 5.74) is 0. The molecule has 3 atom stereocenters. The molecule has 0 saturated carbocycles. The van der Waals surface area contributed by atoms with Crippen LogP contribution in [-0.2, 0) is 27.9 Å². The van der Waals surface area contributed by atoms with Crippen LogP contribution in [0.15, 0.2) is 85.1 Å². The van der Waals surface area contributed by atoms with E-state index in [0.29, 0.717) is 23.9 Å². The van der Waals surface area contributed by atoms with Gasteiger partial charge in [-0.1, -0.05) is 235 Å². The predicted molar refractivity (Wildman–Crippen MR) is 314 cm³/mol. The van der Waals surface area contributed by atoms with E-state index in [0.717, 1.165) is 103 Å². The Morgan fingerprint density at radius 3 is 1.45 bits per heavy atom. The number of phosphoric acid groups is 1. The first-order valence-electron chi connectivity index (χ1n) is 29.9. The van der Waals surface area contributed by atoms with Crippen LogP contribution in [0.1, 0.15) is 252 Å². The normalized spacial score (nSPS) is 14.3. The molecular weight excluding hydrogens is 928 g/mol. The second-order valence-electron chi connectivity index (χ2n) is 21.2. The van der Waals surface area contributed by atoms with Crippen molar-refractivity contribution in [3.63, 3.8) is 0 Å². The summed E-state index contributed by atoms with van der Waals surface area (Å²) in [6, 6.07) is -0.862. The Morgan fingerprint density at radius 2 is 0.932 bits per heavy atom. The molecule has 0 aliphatic heterocycles. The third-order valence-electron chi connectivity index (χ3n) is 12.9. The van der Waals surface area contributed by atoms with Crippen molar-refractivity contribution in [1.82, 2.24) is 5.32 Å². The summed E-state index contributed by atoms with van der Waals surface area (Å²) in [4.78, 5) is 37.6. The minimum atomic E-state index is -4.45. The first-order valence-corrected chi connectivity index (χ1v) is 31.4. The van der Waals surface area contributed by atoms with Crippen molar-refractivity contribution in [2.45, 2.75) is 264 Å². The molecule has 73 heavy (non-hydrogen) atoms. The van der Waals surface area contributed by atoms with Gasteiger partial charge in [-0.05, 0) is 89.5 Å². The van der Waals surface area contributed by atoms with Crippen LogP contribution in [0.2, 0.25) is 0 Å². The van der Waals surface area contributed by atoms with Crippen LogP contribution in [0, 0.1) is 0 Å². The molecule has 0 aliphatic rings. The van der Waals surface area contributed by atoms with E-state index in [1.54, 1.807) is 0 Å². The lowest BCUT2D eigenvalue weighted by Gasteiger charge is -2.27. The van der Waals surface area contributed by atoms with Gasteiger partial charge in [0.25, 0.3) is 0 Å². The van der Waals surface area contributed by atoms with Crippen molar-refractivity contribution in [3.05, 3.63) is 85.1 Å². The van der Waals surface area contributed by atoms with Crippen LogP contribution in [0.3, 0.4) is 0 Å². The van der Waals surface area contributed by atoms with Gasteiger partial charge in [-0.15, -0.1) is 0 Å². The molecule has 9 nitrogen and oxygen atoms in total. The van der Waals surface area contributed by atoms with Crippen molar-refractivity contribution < 1.29 is 37.3 Å². The molecule has 0 rings (SSSR count). The Hall–Kier alpha value is -2.81. The summed E-state index contributed by atoms with van der Waals surface area (Å²) in [6.45, 7) is 6.82. The summed E-state index contributed by atoms with van der Waals surface area (Å²) in [5, 5.41) is 3.04. The second-order valence-corrected chi connectivity index (χ2v) is 22.7. The van der Waals surface area contributed by atoms with Gasteiger partial charge in [-0.25, -0.2) is 4.57 Å². The van der Waals surface area contributed by atoms with E-state index >= 15 is 0 Å². The summed E-state index contributed by atoms with van der Waals surface area (Å²) in [7, 11) is 1.47. The fourth-order valence-corrected chi connectivity index (χ4v) is 8.98. The number of nitrogens with one attached hydrogen (secondary N) is 1. The highest BCUT2D eigenvalue weighted by Gasteiger charge is 2.30. The van der Waals surface area contributed by atoms with E-state index in [2.05, 4.69) is 99.0 Å². The zero-order valence-corrected chi connectivity index (χ0v) is 49.0. The smallest absolute Gasteiger partial charge is 0.456 e. The van der Waals surface area contributed by atoms with E-state index in [-0.39, 0.29) is 31.5 Å². The number of carbonyl (C=O) groups is 2. The second kappa shape index (κ2) is 52.6. The number of nitrogens with zero attached hydrogens (tertiary/aromatic N) is 1. The predicted octanol–water partition coefficient (Wildman–Crippen LogP) is 18.2. The van der Waals surface area contributed by atoms with Crippen LogP contribution in [0.25, 0.3) is 0 Å². The van der Waals surface area contributed by atoms with E-state index < -0.39 is 20.0 Å². The molecule has 0 aromatic rings. The van der Waals surface area contributed by atoms with Gasteiger partial charge < -0.3 is 19.4 Å². The van der Waals surface area contributed by atoms with Crippen LogP contribution >= 0.6 is 7.82 Å². The van der Waals surface area contributed by atoms with E-state index in [4.69, 9.17) is 13.8 Å². The SMILES string of the molecule is CC/C=C/C=C/C=C\CCCCCCCC(=O)OC(/C=C\CCCCCCCCCCC)C(COP(=O)(O)OCC[N+](C)(C)C)NC(=O)CCCCCCCCCCCC/C=C\C/C=C\C/C=C\CCCCC. The number of ether oxygens (including phenoxy) is 1. The number of carbonyl (C=O) groups excluding carboxylic acids is 2. The number of hydrogen-bond acceptors (Lipinski definition) is 6. The van der Waals surface area contributed by atoms with Crippen LogP contribution in [0.5, 0.6) is 0 Å². The van der Waals surface area contributed by atoms with Crippen molar-refractivity contribution in [2.75, 3.05) is 40.9 Å². The van der Waals surface area contributed by atoms with Gasteiger partial charge in [-0.2, -0.15) is 0 Å². The Bertz CT molecular complexity index is 1530. The number of likely N-dealkylation sites (N-methyl/N-ethyl adjacent to an activating group) is 1. The number of hydrogen-bond donors (Lipinski definition) is 2. The molecule has 0 spiro atoms. The molecule has 2 N–H and O–H groups in total.